The molecule has 0 aliphatic heterocycles. The molecule has 0 aliphatic rings. The monoisotopic (exact) mass is 517 g/mol. The van der Waals surface area contributed by atoms with Gasteiger partial charge in [0.15, 0.2) is 11.0 Å². The highest BCUT2D eigenvalue weighted by molar-refractivity contribution is 7.99. The molecule has 0 saturated heterocycles. The number of carbonyl (C=O) groups is 2. The third kappa shape index (κ3) is 6.47. The highest BCUT2D eigenvalue weighted by atomic mass is 32.2. The lowest BCUT2D eigenvalue weighted by atomic mass is 10.2. The molecule has 2 N–H and O–H groups in total. The van der Waals surface area contributed by atoms with Crippen LogP contribution >= 0.6 is 11.8 Å². The van der Waals surface area contributed by atoms with Crippen LogP contribution in [0.25, 0.3) is 5.69 Å². The predicted octanol–water partition coefficient (Wildman–Crippen LogP) is 4.25. The second-order valence-electron chi connectivity index (χ2n) is 8.02. The molecule has 0 radical (unpaired) electrons. The van der Waals surface area contributed by atoms with Crippen molar-refractivity contribution >= 4 is 29.3 Å². The third-order valence-corrected chi connectivity index (χ3v) is 6.35. The van der Waals surface area contributed by atoms with E-state index < -0.39 is 0 Å². The average molecular weight is 518 g/mol. The summed E-state index contributed by atoms with van der Waals surface area (Å²) in [6.07, 6.45) is 0. The SMILES string of the molecule is COc1ccc(NC(=O)CSc2nnc(CNC(=O)c3ccccc3OC)n2-c2cccc(C)c2)cc1. The van der Waals surface area contributed by atoms with Crippen LogP contribution in [0.5, 0.6) is 11.5 Å². The summed E-state index contributed by atoms with van der Waals surface area (Å²) in [6, 6.07) is 22.0. The Hall–Kier alpha value is -4.31. The maximum Gasteiger partial charge on any atom is 0.255 e. The van der Waals surface area contributed by atoms with E-state index in [1.165, 1.54) is 18.9 Å². The molecule has 0 fully saturated rings. The zero-order valence-corrected chi connectivity index (χ0v) is 21.5. The number of nitrogens with one attached hydrogen (secondary N) is 2. The molecule has 1 aromatic heterocycles. The number of para-hydroxylation sites is 1. The van der Waals surface area contributed by atoms with Crippen LogP contribution in [-0.2, 0) is 11.3 Å². The van der Waals surface area contributed by atoms with E-state index in [0.717, 1.165) is 11.3 Å². The molecule has 10 heteroatoms. The molecule has 1 heterocycles. The molecule has 0 spiro atoms. The van der Waals surface area contributed by atoms with Gasteiger partial charge >= 0.3 is 0 Å². The molecule has 2 amide bonds. The number of amides is 2. The number of rotatable bonds is 10. The smallest absolute Gasteiger partial charge is 0.255 e. The number of ether oxygens (including phenoxy) is 2. The Labute approximate surface area is 219 Å². The molecule has 0 aliphatic carbocycles. The third-order valence-electron chi connectivity index (χ3n) is 5.43. The van der Waals surface area contributed by atoms with Gasteiger partial charge in [0.1, 0.15) is 11.5 Å². The van der Waals surface area contributed by atoms with Crippen molar-refractivity contribution < 1.29 is 19.1 Å². The zero-order chi connectivity index (χ0) is 26.2. The minimum atomic E-state index is -0.288. The number of aromatic nitrogens is 3. The maximum atomic E-state index is 12.8. The van der Waals surface area contributed by atoms with Crippen LogP contribution in [-0.4, -0.2) is 46.6 Å². The van der Waals surface area contributed by atoms with Crippen LogP contribution in [0.2, 0.25) is 0 Å². The van der Waals surface area contributed by atoms with E-state index >= 15 is 0 Å². The first kappa shape index (κ1) is 25.8. The fraction of sp³-hybridized carbons (Fsp3) is 0.185. The van der Waals surface area contributed by atoms with Gasteiger partial charge in [-0.25, -0.2) is 0 Å². The van der Waals surface area contributed by atoms with Crippen molar-refractivity contribution in [3.63, 3.8) is 0 Å². The van der Waals surface area contributed by atoms with Crippen molar-refractivity contribution in [2.45, 2.75) is 18.6 Å². The maximum absolute atomic E-state index is 12.8. The predicted molar refractivity (Wildman–Crippen MR) is 143 cm³/mol. The number of benzene rings is 3. The first-order chi connectivity index (χ1) is 18.0. The summed E-state index contributed by atoms with van der Waals surface area (Å²) in [7, 11) is 3.11. The summed E-state index contributed by atoms with van der Waals surface area (Å²) in [5.74, 6) is 1.39. The summed E-state index contributed by atoms with van der Waals surface area (Å²) >= 11 is 1.26. The topological polar surface area (TPSA) is 107 Å². The number of aryl methyl sites for hydroxylation is 1. The minimum absolute atomic E-state index is 0.129. The molecule has 190 valence electrons. The highest BCUT2D eigenvalue weighted by Gasteiger charge is 2.18. The van der Waals surface area contributed by atoms with Crippen molar-refractivity contribution in [3.8, 4) is 17.2 Å². The van der Waals surface area contributed by atoms with Gasteiger partial charge in [0.05, 0.1) is 32.1 Å². The number of hydrogen-bond donors (Lipinski definition) is 2. The largest absolute Gasteiger partial charge is 0.497 e. The van der Waals surface area contributed by atoms with Gasteiger partial charge in [-0.1, -0.05) is 36.0 Å². The zero-order valence-electron chi connectivity index (χ0n) is 20.7. The average Bonchev–Trinajstić information content (AvgIpc) is 3.33. The van der Waals surface area contributed by atoms with E-state index in [2.05, 4.69) is 20.8 Å². The molecule has 4 aromatic rings. The fourth-order valence-corrected chi connectivity index (χ4v) is 4.39. The van der Waals surface area contributed by atoms with Crippen LogP contribution in [0.15, 0.2) is 78.0 Å². The lowest BCUT2D eigenvalue weighted by Gasteiger charge is -2.12. The van der Waals surface area contributed by atoms with E-state index in [-0.39, 0.29) is 24.1 Å². The van der Waals surface area contributed by atoms with Gasteiger partial charge in [-0.3, -0.25) is 14.2 Å². The summed E-state index contributed by atoms with van der Waals surface area (Å²) < 4.78 is 12.3. The molecule has 4 rings (SSSR count). The number of hydrogen-bond acceptors (Lipinski definition) is 7. The van der Waals surface area contributed by atoms with Gasteiger partial charge in [0, 0.05) is 11.4 Å². The Morgan fingerprint density at radius 1 is 0.946 bits per heavy atom. The quantitative estimate of drug-likeness (QED) is 0.303. The van der Waals surface area contributed by atoms with Gasteiger partial charge in [-0.2, -0.15) is 0 Å². The van der Waals surface area contributed by atoms with Crippen molar-refractivity contribution in [3.05, 3.63) is 89.7 Å². The standard InChI is InChI=1S/C27H27N5O4S/c1-18-7-6-8-20(15-18)32-24(16-28-26(34)22-9-4-5-10-23(22)36-3)30-31-27(32)37-17-25(33)29-19-11-13-21(35-2)14-12-19/h4-15H,16-17H2,1-3H3,(H,28,34)(H,29,33). The number of nitrogens with zero attached hydrogens (tertiary/aromatic N) is 3. The van der Waals surface area contributed by atoms with Crippen molar-refractivity contribution in [1.82, 2.24) is 20.1 Å². The van der Waals surface area contributed by atoms with Crippen LogP contribution in [0, 0.1) is 6.92 Å². The van der Waals surface area contributed by atoms with Crippen molar-refractivity contribution in [1.29, 1.82) is 0 Å². The van der Waals surface area contributed by atoms with E-state index in [1.54, 1.807) is 55.6 Å². The van der Waals surface area contributed by atoms with Gasteiger partial charge < -0.3 is 20.1 Å². The van der Waals surface area contributed by atoms with Crippen LogP contribution < -0.4 is 20.1 Å². The molecular formula is C27H27N5O4S. The highest BCUT2D eigenvalue weighted by Crippen LogP contribution is 2.24. The first-order valence-corrected chi connectivity index (χ1v) is 12.5. The number of methoxy groups -OCH3 is 2. The Kier molecular flexibility index (Phi) is 8.42. The molecule has 3 aromatic carbocycles. The lowest BCUT2D eigenvalue weighted by molar-refractivity contribution is -0.113. The normalized spacial score (nSPS) is 10.6. The molecule has 0 saturated carbocycles. The second-order valence-corrected chi connectivity index (χ2v) is 8.96. The Morgan fingerprint density at radius 3 is 2.46 bits per heavy atom. The number of anilines is 1. The van der Waals surface area contributed by atoms with Gasteiger partial charge in [-0.05, 0) is 61.0 Å². The summed E-state index contributed by atoms with van der Waals surface area (Å²) in [5.41, 5.74) is 3.00. The molecular weight excluding hydrogens is 490 g/mol. The summed E-state index contributed by atoms with van der Waals surface area (Å²) in [4.78, 5) is 25.4. The van der Waals surface area contributed by atoms with Gasteiger partial charge in [0.2, 0.25) is 5.91 Å². The van der Waals surface area contributed by atoms with E-state index in [0.29, 0.717) is 33.7 Å². The Balaban J connectivity index is 1.50. The summed E-state index contributed by atoms with van der Waals surface area (Å²) in [6.45, 7) is 2.13. The second kappa shape index (κ2) is 12.1. The van der Waals surface area contributed by atoms with Crippen molar-refractivity contribution in [2.24, 2.45) is 0 Å². The Morgan fingerprint density at radius 2 is 1.73 bits per heavy atom. The fourth-order valence-electron chi connectivity index (χ4n) is 3.62. The van der Waals surface area contributed by atoms with Crippen LogP contribution in [0.1, 0.15) is 21.7 Å². The minimum Gasteiger partial charge on any atom is -0.497 e. The van der Waals surface area contributed by atoms with Crippen LogP contribution in [0.4, 0.5) is 5.69 Å². The summed E-state index contributed by atoms with van der Waals surface area (Å²) in [5, 5.41) is 14.9. The molecule has 0 bridgehead atoms. The molecule has 0 atom stereocenters. The van der Waals surface area contributed by atoms with Gasteiger partial charge in [0.25, 0.3) is 5.91 Å². The van der Waals surface area contributed by atoms with Gasteiger partial charge in [-0.15, -0.1) is 10.2 Å². The molecule has 0 unspecified atom stereocenters. The van der Waals surface area contributed by atoms with Crippen LogP contribution in [0.3, 0.4) is 0 Å². The number of thioether (sulfide) groups is 1. The van der Waals surface area contributed by atoms with E-state index in [1.807, 2.05) is 35.8 Å². The number of carbonyl (C=O) groups excluding carboxylic acids is 2. The van der Waals surface area contributed by atoms with E-state index in [4.69, 9.17) is 9.47 Å². The molecule has 9 nitrogen and oxygen atoms in total. The Bertz CT molecular complexity index is 1390. The molecule has 37 heavy (non-hydrogen) atoms. The van der Waals surface area contributed by atoms with Crippen molar-refractivity contribution in [2.75, 3.05) is 25.3 Å². The first-order valence-electron chi connectivity index (χ1n) is 11.5. The lowest BCUT2D eigenvalue weighted by Crippen LogP contribution is -2.25. The van der Waals surface area contributed by atoms with E-state index in [9.17, 15) is 9.59 Å².